The fraction of sp³-hybridized carbons (Fsp3) is 0.467. The number of benzene rings is 1. The van der Waals surface area contributed by atoms with Crippen molar-refractivity contribution in [1.82, 2.24) is 5.32 Å². The van der Waals surface area contributed by atoms with Crippen molar-refractivity contribution in [1.29, 1.82) is 5.26 Å². The van der Waals surface area contributed by atoms with Crippen molar-refractivity contribution in [2.24, 2.45) is 5.92 Å². The van der Waals surface area contributed by atoms with Gasteiger partial charge in [-0.05, 0) is 31.4 Å². The van der Waals surface area contributed by atoms with Gasteiger partial charge in [0.25, 0.3) is 5.91 Å². The number of ether oxygens (including phenoxy) is 1. The second kappa shape index (κ2) is 5.41. The van der Waals surface area contributed by atoms with Crippen LogP contribution >= 0.6 is 0 Å². The van der Waals surface area contributed by atoms with E-state index in [0.717, 1.165) is 24.9 Å². The van der Waals surface area contributed by atoms with E-state index in [1.165, 1.54) is 0 Å². The molecule has 1 amide bonds. The van der Waals surface area contributed by atoms with Crippen molar-refractivity contribution >= 4 is 11.6 Å². The van der Waals surface area contributed by atoms with Gasteiger partial charge in [0.05, 0.1) is 24.2 Å². The van der Waals surface area contributed by atoms with Crippen LogP contribution in [-0.2, 0) is 4.79 Å². The van der Waals surface area contributed by atoms with Gasteiger partial charge in [0, 0.05) is 6.04 Å². The predicted octanol–water partition coefficient (Wildman–Crippen LogP) is 1.67. The summed E-state index contributed by atoms with van der Waals surface area (Å²) >= 11 is 0. The van der Waals surface area contributed by atoms with Crippen LogP contribution in [0.25, 0.3) is 0 Å². The molecule has 0 bridgehead atoms. The number of amides is 1. The molecule has 3 atom stereocenters. The molecular formula is C15H17N3O2. The molecular weight excluding hydrogens is 254 g/mol. The first-order chi connectivity index (χ1) is 9.78. The summed E-state index contributed by atoms with van der Waals surface area (Å²) in [6.07, 6.45) is 2.20. The number of carbonyl (C=O) groups excluding carboxylic acids is 1. The number of anilines is 1. The summed E-state index contributed by atoms with van der Waals surface area (Å²) in [7, 11) is 0. The molecule has 2 N–H and O–H groups in total. The first kappa shape index (κ1) is 12.8. The summed E-state index contributed by atoms with van der Waals surface area (Å²) in [6.45, 7) is 0.451. The summed E-state index contributed by atoms with van der Waals surface area (Å²) in [6, 6.07) is 9.80. The topological polar surface area (TPSA) is 74.2 Å². The zero-order valence-corrected chi connectivity index (χ0v) is 11.1. The molecule has 5 nitrogen and oxygen atoms in total. The van der Waals surface area contributed by atoms with E-state index in [0.29, 0.717) is 12.3 Å². The minimum atomic E-state index is -0.537. The van der Waals surface area contributed by atoms with E-state index < -0.39 is 6.10 Å². The smallest absolute Gasteiger partial charge is 0.263 e. The highest BCUT2D eigenvalue weighted by Gasteiger charge is 2.32. The third kappa shape index (κ3) is 2.42. The monoisotopic (exact) mass is 271 g/mol. The van der Waals surface area contributed by atoms with E-state index in [2.05, 4.69) is 16.7 Å². The van der Waals surface area contributed by atoms with E-state index in [4.69, 9.17) is 10.00 Å². The summed E-state index contributed by atoms with van der Waals surface area (Å²) in [5, 5.41) is 15.2. The van der Waals surface area contributed by atoms with Crippen molar-refractivity contribution in [3.63, 3.8) is 0 Å². The van der Waals surface area contributed by atoms with Gasteiger partial charge in [0.2, 0.25) is 0 Å². The van der Waals surface area contributed by atoms with Crippen molar-refractivity contribution in [3.8, 4) is 11.8 Å². The summed E-state index contributed by atoms with van der Waals surface area (Å²) in [4.78, 5) is 12.2. The zero-order valence-electron chi connectivity index (χ0n) is 11.1. The molecule has 1 heterocycles. The summed E-state index contributed by atoms with van der Waals surface area (Å²) in [5.74, 6) is 0.490. The van der Waals surface area contributed by atoms with Gasteiger partial charge in [-0.25, -0.2) is 0 Å². The second-order valence-electron chi connectivity index (χ2n) is 5.27. The molecule has 1 aliphatic carbocycles. The first-order valence-corrected chi connectivity index (χ1v) is 6.97. The molecule has 0 radical (unpaired) electrons. The molecule has 3 unspecified atom stereocenters. The van der Waals surface area contributed by atoms with E-state index >= 15 is 0 Å². The first-order valence-electron chi connectivity index (χ1n) is 6.97. The Morgan fingerprint density at radius 2 is 2.25 bits per heavy atom. The Morgan fingerprint density at radius 3 is 3.10 bits per heavy atom. The van der Waals surface area contributed by atoms with E-state index in [1.807, 2.05) is 24.3 Å². The molecule has 1 aromatic rings. The van der Waals surface area contributed by atoms with Gasteiger partial charge in [0.15, 0.2) is 6.10 Å². The van der Waals surface area contributed by atoms with Crippen LogP contribution in [0, 0.1) is 17.2 Å². The van der Waals surface area contributed by atoms with Gasteiger partial charge in [-0.1, -0.05) is 12.1 Å². The Morgan fingerprint density at radius 1 is 1.40 bits per heavy atom. The maximum atomic E-state index is 12.2. The predicted molar refractivity (Wildman–Crippen MR) is 74.2 cm³/mol. The quantitative estimate of drug-likeness (QED) is 0.858. The Bertz CT molecular complexity index is 552. The van der Waals surface area contributed by atoms with Crippen LogP contribution in [0.15, 0.2) is 24.3 Å². The lowest BCUT2D eigenvalue weighted by molar-refractivity contribution is -0.128. The molecule has 0 aromatic heterocycles. The average molecular weight is 271 g/mol. The van der Waals surface area contributed by atoms with Gasteiger partial charge < -0.3 is 15.4 Å². The lowest BCUT2D eigenvalue weighted by Gasteiger charge is -2.28. The molecule has 104 valence electrons. The molecule has 20 heavy (non-hydrogen) atoms. The van der Waals surface area contributed by atoms with E-state index in [1.54, 1.807) is 0 Å². The second-order valence-corrected chi connectivity index (χ2v) is 5.27. The van der Waals surface area contributed by atoms with Crippen molar-refractivity contribution in [3.05, 3.63) is 24.3 Å². The minimum Gasteiger partial charge on any atom is -0.477 e. The fourth-order valence-electron chi connectivity index (χ4n) is 2.82. The molecule has 0 spiro atoms. The van der Waals surface area contributed by atoms with Crippen molar-refractivity contribution in [2.45, 2.75) is 31.4 Å². The summed E-state index contributed by atoms with van der Waals surface area (Å²) < 4.78 is 5.72. The highest BCUT2D eigenvalue weighted by Crippen LogP contribution is 2.29. The molecule has 1 aliphatic heterocycles. The van der Waals surface area contributed by atoms with E-state index in [-0.39, 0.29) is 17.9 Å². The summed E-state index contributed by atoms with van der Waals surface area (Å²) in [5.41, 5.74) is 0.910. The number of nitriles is 1. The Labute approximate surface area is 117 Å². The number of nitrogens with zero attached hydrogens (tertiary/aromatic N) is 1. The van der Waals surface area contributed by atoms with Gasteiger partial charge in [0.1, 0.15) is 5.75 Å². The van der Waals surface area contributed by atoms with Crippen LogP contribution < -0.4 is 15.4 Å². The van der Waals surface area contributed by atoms with Crippen LogP contribution in [-0.4, -0.2) is 24.6 Å². The number of hydrogen-bond donors (Lipinski definition) is 2. The van der Waals surface area contributed by atoms with Crippen LogP contribution in [0.2, 0.25) is 0 Å². The highest BCUT2D eigenvalue weighted by molar-refractivity contribution is 5.83. The van der Waals surface area contributed by atoms with Crippen molar-refractivity contribution in [2.75, 3.05) is 11.9 Å². The molecule has 1 fully saturated rings. The van der Waals surface area contributed by atoms with Gasteiger partial charge in [-0.3, -0.25) is 4.79 Å². The van der Waals surface area contributed by atoms with Crippen LogP contribution in [0.5, 0.6) is 5.75 Å². The number of hydrogen-bond acceptors (Lipinski definition) is 4. The number of carbonyl (C=O) groups is 1. The maximum Gasteiger partial charge on any atom is 0.263 e. The standard InChI is InChI=1S/C15H17N3O2/c16-8-10-4-3-6-11(10)18-15(19)14-9-17-12-5-1-2-7-13(12)20-14/h1-2,5,7,10-11,14,17H,3-4,6,9H2,(H,18,19). The minimum absolute atomic E-state index is 0.0340. The molecule has 0 saturated heterocycles. The average Bonchev–Trinajstić information content (AvgIpc) is 2.94. The molecule has 3 rings (SSSR count). The Balaban J connectivity index is 1.63. The number of nitrogens with one attached hydrogen (secondary N) is 2. The third-order valence-electron chi connectivity index (χ3n) is 3.94. The SMILES string of the molecule is N#CC1CCCC1NC(=O)C1CNc2ccccc2O1. The maximum absolute atomic E-state index is 12.2. The number of fused-ring (bicyclic) bond motifs is 1. The van der Waals surface area contributed by atoms with Gasteiger partial charge >= 0.3 is 0 Å². The Kier molecular flexibility index (Phi) is 3.46. The largest absolute Gasteiger partial charge is 0.477 e. The number of para-hydroxylation sites is 2. The molecule has 1 saturated carbocycles. The van der Waals surface area contributed by atoms with Gasteiger partial charge in [-0.2, -0.15) is 5.26 Å². The van der Waals surface area contributed by atoms with Gasteiger partial charge in [-0.15, -0.1) is 0 Å². The molecule has 1 aromatic carbocycles. The van der Waals surface area contributed by atoms with Crippen molar-refractivity contribution < 1.29 is 9.53 Å². The normalized spacial score (nSPS) is 27.6. The molecule has 5 heteroatoms. The fourth-order valence-corrected chi connectivity index (χ4v) is 2.82. The molecule has 2 aliphatic rings. The van der Waals surface area contributed by atoms with Crippen LogP contribution in [0.3, 0.4) is 0 Å². The Hall–Kier alpha value is -2.22. The van der Waals surface area contributed by atoms with E-state index in [9.17, 15) is 4.79 Å². The highest BCUT2D eigenvalue weighted by atomic mass is 16.5. The lowest BCUT2D eigenvalue weighted by Crippen LogP contribution is -2.48. The third-order valence-corrected chi connectivity index (χ3v) is 3.94. The van der Waals surface area contributed by atoms with Crippen LogP contribution in [0.1, 0.15) is 19.3 Å². The lowest BCUT2D eigenvalue weighted by atomic mass is 10.1. The van der Waals surface area contributed by atoms with Crippen LogP contribution in [0.4, 0.5) is 5.69 Å². The number of rotatable bonds is 2. The zero-order chi connectivity index (χ0) is 13.9.